The molecular formula is C27H29ClNO2+. The van der Waals surface area contributed by atoms with Gasteiger partial charge >= 0.3 is 0 Å². The summed E-state index contributed by atoms with van der Waals surface area (Å²) in [6.45, 7) is 7.45. The molecule has 5 rings (SSSR count). The van der Waals surface area contributed by atoms with Crippen LogP contribution in [-0.2, 0) is 6.54 Å². The van der Waals surface area contributed by atoms with Crippen LogP contribution in [-0.4, -0.2) is 30.7 Å². The maximum absolute atomic E-state index is 6.22. The summed E-state index contributed by atoms with van der Waals surface area (Å²) in [5.41, 5.74) is 4.40. The Hall–Kier alpha value is -2.49. The Morgan fingerprint density at radius 2 is 1.58 bits per heavy atom. The molecule has 3 nitrogen and oxygen atoms in total. The second-order valence-corrected chi connectivity index (χ2v) is 9.40. The molecule has 3 aromatic carbocycles. The van der Waals surface area contributed by atoms with E-state index in [0.717, 1.165) is 45.3 Å². The van der Waals surface area contributed by atoms with E-state index in [1.807, 2.05) is 30.3 Å². The van der Waals surface area contributed by atoms with Gasteiger partial charge in [0.05, 0.1) is 13.1 Å². The van der Waals surface area contributed by atoms with E-state index in [4.69, 9.17) is 20.8 Å². The van der Waals surface area contributed by atoms with Crippen LogP contribution in [0.5, 0.6) is 5.75 Å². The molecule has 0 unspecified atom stereocenters. The highest BCUT2D eigenvalue weighted by Crippen LogP contribution is 2.33. The smallest absolute Gasteiger partial charge is 0.139 e. The molecule has 1 saturated heterocycles. The Kier molecular flexibility index (Phi) is 5.64. The van der Waals surface area contributed by atoms with Gasteiger partial charge in [-0.25, -0.2) is 0 Å². The number of hydrogen-bond donors (Lipinski definition) is 0. The average Bonchev–Trinajstić information content (AvgIpc) is 3.12. The molecule has 160 valence electrons. The van der Waals surface area contributed by atoms with E-state index in [2.05, 4.69) is 37.3 Å². The van der Waals surface area contributed by atoms with Gasteiger partial charge in [-0.15, -0.1) is 0 Å². The number of piperidine rings is 1. The number of fused-ring (bicyclic) bond motifs is 3. The van der Waals surface area contributed by atoms with Crippen LogP contribution in [0.15, 0.2) is 65.1 Å². The minimum Gasteiger partial charge on any atom is -0.488 e. The number of rotatable bonds is 6. The fraction of sp³-hybridized carbons (Fsp3) is 0.333. The normalized spacial score (nSPS) is 16.1. The van der Waals surface area contributed by atoms with E-state index in [0.29, 0.717) is 11.6 Å². The van der Waals surface area contributed by atoms with Gasteiger partial charge in [0.25, 0.3) is 0 Å². The Morgan fingerprint density at radius 1 is 0.871 bits per heavy atom. The van der Waals surface area contributed by atoms with Crippen molar-refractivity contribution in [3.05, 3.63) is 76.8 Å². The molecule has 0 atom stereocenters. The summed E-state index contributed by atoms with van der Waals surface area (Å²) in [7, 11) is 0. The zero-order valence-electron chi connectivity index (χ0n) is 18.1. The molecule has 0 amide bonds. The second kappa shape index (κ2) is 8.57. The van der Waals surface area contributed by atoms with E-state index in [1.165, 1.54) is 43.5 Å². The first kappa shape index (κ1) is 20.4. The summed E-state index contributed by atoms with van der Waals surface area (Å²) in [5.74, 6) is 0.864. The molecular weight excluding hydrogens is 406 g/mol. The van der Waals surface area contributed by atoms with Crippen LogP contribution in [0.4, 0.5) is 0 Å². The number of furan rings is 1. The van der Waals surface area contributed by atoms with Gasteiger partial charge < -0.3 is 13.6 Å². The largest absolute Gasteiger partial charge is 0.488 e. The molecule has 31 heavy (non-hydrogen) atoms. The number of ether oxygens (including phenoxy) is 1. The van der Waals surface area contributed by atoms with Crippen molar-refractivity contribution >= 4 is 33.5 Å². The lowest BCUT2D eigenvalue weighted by molar-refractivity contribution is -0.945. The lowest BCUT2D eigenvalue weighted by Crippen LogP contribution is -2.52. The molecule has 1 aliphatic rings. The number of quaternary nitrogens is 1. The van der Waals surface area contributed by atoms with Gasteiger partial charge in [0.15, 0.2) is 0 Å². The minimum absolute atomic E-state index is 0.687. The third-order valence-electron chi connectivity index (χ3n) is 6.64. The van der Waals surface area contributed by atoms with Crippen molar-refractivity contribution in [3.8, 4) is 5.75 Å². The topological polar surface area (TPSA) is 22.4 Å². The van der Waals surface area contributed by atoms with Crippen molar-refractivity contribution in [1.82, 2.24) is 0 Å². The highest BCUT2D eigenvalue weighted by atomic mass is 35.5. The van der Waals surface area contributed by atoms with E-state index in [1.54, 1.807) is 0 Å². The zero-order chi connectivity index (χ0) is 21.3. The monoisotopic (exact) mass is 434 g/mol. The summed E-state index contributed by atoms with van der Waals surface area (Å²) < 4.78 is 13.3. The highest BCUT2D eigenvalue weighted by molar-refractivity contribution is 6.31. The fourth-order valence-corrected chi connectivity index (χ4v) is 5.06. The number of halogens is 1. The lowest BCUT2D eigenvalue weighted by atomic mass is 10.0. The van der Waals surface area contributed by atoms with Crippen LogP contribution in [0.25, 0.3) is 21.9 Å². The van der Waals surface area contributed by atoms with Gasteiger partial charge in [0, 0.05) is 33.5 Å². The molecule has 0 spiro atoms. The molecule has 0 N–H and O–H groups in total. The Bertz CT molecular complexity index is 1190. The quantitative estimate of drug-likeness (QED) is 0.301. The maximum atomic E-state index is 6.22. The first-order valence-corrected chi connectivity index (χ1v) is 11.6. The van der Waals surface area contributed by atoms with Crippen LogP contribution in [0.3, 0.4) is 0 Å². The van der Waals surface area contributed by atoms with Crippen LogP contribution < -0.4 is 4.74 Å². The van der Waals surface area contributed by atoms with E-state index in [9.17, 15) is 0 Å². The van der Waals surface area contributed by atoms with Crippen LogP contribution >= 0.6 is 11.6 Å². The van der Waals surface area contributed by atoms with Crippen molar-refractivity contribution in [1.29, 1.82) is 0 Å². The first-order valence-electron chi connectivity index (χ1n) is 11.3. The van der Waals surface area contributed by atoms with Gasteiger partial charge in [-0.1, -0.05) is 41.4 Å². The SMILES string of the molecule is Cc1ccc(C[N+]2(CCOc3ccc4c(c3)oc3cc(Cl)ccc34)CCCCC2)cc1. The third kappa shape index (κ3) is 4.44. The molecule has 0 aliphatic carbocycles. The van der Waals surface area contributed by atoms with Crippen molar-refractivity contribution in [2.24, 2.45) is 0 Å². The second-order valence-electron chi connectivity index (χ2n) is 8.97. The van der Waals surface area contributed by atoms with Gasteiger partial charge in [0.2, 0.25) is 0 Å². The van der Waals surface area contributed by atoms with E-state index in [-0.39, 0.29) is 0 Å². The minimum atomic E-state index is 0.687. The molecule has 1 aliphatic heterocycles. The van der Waals surface area contributed by atoms with Crippen molar-refractivity contribution in [3.63, 3.8) is 0 Å². The van der Waals surface area contributed by atoms with Crippen molar-refractivity contribution in [2.45, 2.75) is 32.7 Å². The Balaban J connectivity index is 1.30. The Morgan fingerprint density at radius 3 is 2.35 bits per heavy atom. The van der Waals surface area contributed by atoms with Gasteiger partial charge in [-0.2, -0.15) is 0 Å². The number of hydrogen-bond acceptors (Lipinski definition) is 2. The highest BCUT2D eigenvalue weighted by Gasteiger charge is 2.30. The standard InChI is InChI=1S/C27H29ClNO2/c1-20-5-7-21(8-6-20)19-29(13-3-2-4-14-29)15-16-30-23-10-12-25-24-11-9-22(28)17-26(24)31-27(25)18-23/h5-12,17-18H,2-4,13-16,19H2,1H3/q+1. The van der Waals surface area contributed by atoms with Crippen molar-refractivity contribution in [2.75, 3.05) is 26.2 Å². The number of aryl methyl sites for hydroxylation is 1. The molecule has 0 radical (unpaired) electrons. The first-order chi connectivity index (χ1) is 15.1. The molecule has 2 heterocycles. The number of benzene rings is 3. The van der Waals surface area contributed by atoms with Crippen LogP contribution in [0.1, 0.15) is 30.4 Å². The Labute approximate surface area is 188 Å². The molecule has 1 aromatic heterocycles. The summed E-state index contributed by atoms with van der Waals surface area (Å²) in [6, 6.07) is 20.9. The predicted octanol–water partition coefficient (Wildman–Crippen LogP) is 7.13. The predicted molar refractivity (Wildman–Crippen MR) is 128 cm³/mol. The van der Waals surface area contributed by atoms with E-state index >= 15 is 0 Å². The van der Waals surface area contributed by atoms with Gasteiger partial charge in [-0.3, -0.25) is 0 Å². The summed E-state index contributed by atoms with van der Waals surface area (Å²) >= 11 is 6.11. The lowest BCUT2D eigenvalue weighted by Gasteiger charge is -2.41. The zero-order valence-corrected chi connectivity index (χ0v) is 18.8. The third-order valence-corrected chi connectivity index (χ3v) is 6.88. The maximum Gasteiger partial charge on any atom is 0.139 e. The summed E-state index contributed by atoms with van der Waals surface area (Å²) in [4.78, 5) is 0. The molecule has 0 saturated carbocycles. The van der Waals surface area contributed by atoms with Crippen LogP contribution in [0.2, 0.25) is 5.02 Å². The molecule has 4 heteroatoms. The van der Waals surface area contributed by atoms with Gasteiger partial charge in [0.1, 0.15) is 36.6 Å². The van der Waals surface area contributed by atoms with Gasteiger partial charge in [-0.05, 0) is 50.5 Å². The molecule has 1 fully saturated rings. The van der Waals surface area contributed by atoms with Crippen molar-refractivity contribution < 1.29 is 13.6 Å². The fourth-order valence-electron chi connectivity index (χ4n) is 4.90. The molecule has 0 bridgehead atoms. The van der Waals surface area contributed by atoms with Crippen LogP contribution in [0, 0.1) is 6.92 Å². The average molecular weight is 435 g/mol. The summed E-state index contributed by atoms with van der Waals surface area (Å²) in [6.07, 6.45) is 3.96. The summed E-state index contributed by atoms with van der Waals surface area (Å²) in [5, 5.41) is 2.87. The van der Waals surface area contributed by atoms with E-state index < -0.39 is 0 Å². The number of likely N-dealkylation sites (tertiary alicyclic amines) is 1. The number of nitrogens with zero attached hydrogens (tertiary/aromatic N) is 1. The molecule has 4 aromatic rings.